The SMILES string of the molecule is CNc1nc(Nc2cccc(OC)c2)nc2ccccc12. The zero-order valence-electron chi connectivity index (χ0n) is 11.9. The Kier molecular flexibility index (Phi) is 3.55. The number of hydrogen-bond acceptors (Lipinski definition) is 5. The topological polar surface area (TPSA) is 59.1 Å². The average molecular weight is 280 g/mol. The highest BCUT2D eigenvalue weighted by Crippen LogP contribution is 2.24. The third-order valence-electron chi connectivity index (χ3n) is 3.17. The fraction of sp³-hybridized carbons (Fsp3) is 0.125. The summed E-state index contributed by atoms with van der Waals surface area (Å²) in [6.45, 7) is 0. The van der Waals surface area contributed by atoms with Gasteiger partial charge < -0.3 is 15.4 Å². The Morgan fingerprint density at radius 3 is 2.67 bits per heavy atom. The molecule has 0 aliphatic carbocycles. The van der Waals surface area contributed by atoms with Crippen LogP contribution in [0.4, 0.5) is 17.5 Å². The lowest BCUT2D eigenvalue weighted by Crippen LogP contribution is -2.02. The van der Waals surface area contributed by atoms with Gasteiger partial charge in [0.1, 0.15) is 11.6 Å². The van der Waals surface area contributed by atoms with Crippen molar-refractivity contribution >= 4 is 28.4 Å². The molecule has 0 atom stereocenters. The van der Waals surface area contributed by atoms with Gasteiger partial charge in [-0.05, 0) is 24.3 Å². The van der Waals surface area contributed by atoms with Crippen LogP contribution in [0.25, 0.3) is 10.9 Å². The van der Waals surface area contributed by atoms with Crippen LogP contribution in [0, 0.1) is 0 Å². The number of aromatic nitrogens is 2. The third kappa shape index (κ3) is 2.72. The van der Waals surface area contributed by atoms with Crippen LogP contribution in [0.1, 0.15) is 0 Å². The van der Waals surface area contributed by atoms with Gasteiger partial charge in [-0.3, -0.25) is 0 Å². The van der Waals surface area contributed by atoms with Crippen molar-refractivity contribution in [3.8, 4) is 5.75 Å². The molecule has 106 valence electrons. The smallest absolute Gasteiger partial charge is 0.229 e. The van der Waals surface area contributed by atoms with Crippen molar-refractivity contribution in [1.29, 1.82) is 0 Å². The van der Waals surface area contributed by atoms with Crippen LogP contribution >= 0.6 is 0 Å². The Labute approximate surface area is 123 Å². The number of rotatable bonds is 4. The second kappa shape index (κ2) is 5.66. The van der Waals surface area contributed by atoms with E-state index in [-0.39, 0.29) is 0 Å². The van der Waals surface area contributed by atoms with Gasteiger partial charge in [0.05, 0.1) is 12.6 Å². The Balaban J connectivity index is 2.00. The number of methoxy groups -OCH3 is 1. The van der Waals surface area contributed by atoms with Crippen LogP contribution in [-0.4, -0.2) is 24.1 Å². The molecule has 0 aliphatic rings. The molecule has 0 aliphatic heterocycles. The predicted molar refractivity (Wildman–Crippen MR) is 85.4 cm³/mol. The molecular weight excluding hydrogens is 264 g/mol. The first-order chi connectivity index (χ1) is 10.3. The molecule has 5 nitrogen and oxygen atoms in total. The summed E-state index contributed by atoms with van der Waals surface area (Å²) in [6.07, 6.45) is 0. The molecule has 5 heteroatoms. The molecule has 1 heterocycles. The lowest BCUT2D eigenvalue weighted by atomic mass is 10.2. The molecule has 0 unspecified atom stereocenters. The Hall–Kier alpha value is -2.82. The second-order valence-electron chi connectivity index (χ2n) is 4.52. The molecule has 0 fully saturated rings. The maximum absolute atomic E-state index is 5.21. The summed E-state index contributed by atoms with van der Waals surface area (Å²) >= 11 is 0. The number of nitrogens with zero attached hydrogens (tertiary/aromatic N) is 2. The monoisotopic (exact) mass is 280 g/mol. The summed E-state index contributed by atoms with van der Waals surface area (Å²) < 4.78 is 5.21. The lowest BCUT2D eigenvalue weighted by molar-refractivity contribution is 0.415. The number of hydrogen-bond donors (Lipinski definition) is 2. The average Bonchev–Trinajstić information content (AvgIpc) is 2.54. The summed E-state index contributed by atoms with van der Waals surface area (Å²) in [5, 5.41) is 7.30. The first-order valence-corrected chi connectivity index (χ1v) is 6.66. The highest BCUT2D eigenvalue weighted by atomic mass is 16.5. The van der Waals surface area contributed by atoms with Crippen molar-refractivity contribution in [2.45, 2.75) is 0 Å². The molecule has 2 aromatic carbocycles. The van der Waals surface area contributed by atoms with E-state index in [4.69, 9.17) is 4.74 Å². The van der Waals surface area contributed by atoms with Gasteiger partial charge in [-0.2, -0.15) is 4.98 Å². The number of fused-ring (bicyclic) bond motifs is 1. The molecular formula is C16H16N4O. The zero-order chi connectivity index (χ0) is 14.7. The molecule has 1 aromatic heterocycles. The summed E-state index contributed by atoms with van der Waals surface area (Å²) in [4.78, 5) is 9.03. The molecule has 2 N–H and O–H groups in total. The van der Waals surface area contributed by atoms with Gasteiger partial charge in [0.25, 0.3) is 0 Å². The van der Waals surface area contributed by atoms with E-state index < -0.39 is 0 Å². The van der Waals surface area contributed by atoms with Gasteiger partial charge in [-0.1, -0.05) is 18.2 Å². The highest BCUT2D eigenvalue weighted by molar-refractivity contribution is 5.90. The molecule has 0 saturated heterocycles. The number of anilines is 3. The maximum Gasteiger partial charge on any atom is 0.229 e. The van der Waals surface area contributed by atoms with Crippen molar-refractivity contribution in [1.82, 2.24) is 9.97 Å². The molecule has 3 aromatic rings. The van der Waals surface area contributed by atoms with Crippen molar-refractivity contribution in [2.75, 3.05) is 24.8 Å². The number of ether oxygens (including phenoxy) is 1. The molecule has 0 bridgehead atoms. The summed E-state index contributed by atoms with van der Waals surface area (Å²) in [5.74, 6) is 2.13. The van der Waals surface area contributed by atoms with E-state index in [2.05, 4.69) is 20.6 Å². The fourth-order valence-electron chi connectivity index (χ4n) is 2.15. The van der Waals surface area contributed by atoms with E-state index in [9.17, 15) is 0 Å². The normalized spacial score (nSPS) is 10.4. The van der Waals surface area contributed by atoms with E-state index >= 15 is 0 Å². The van der Waals surface area contributed by atoms with Gasteiger partial charge in [0.2, 0.25) is 5.95 Å². The zero-order valence-corrected chi connectivity index (χ0v) is 11.9. The minimum absolute atomic E-state index is 0.548. The molecule has 0 amide bonds. The third-order valence-corrected chi connectivity index (χ3v) is 3.17. The van der Waals surface area contributed by atoms with Crippen LogP contribution in [0.3, 0.4) is 0 Å². The van der Waals surface area contributed by atoms with E-state index in [1.54, 1.807) is 7.11 Å². The first kappa shape index (κ1) is 13.2. The number of nitrogens with one attached hydrogen (secondary N) is 2. The van der Waals surface area contributed by atoms with Gasteiger partial charge in [0, 0.05) is 24.2 Å². The molecule has 21 heavy (non-hydrogen) atoms. The molecule has 3 rings (SSSR count). The number of benzene rings is 2. The van der Waals surface area contributed by atoms with Crippen LogP contribution in [0.5, 0.6) is 5.75 Å². The van der Waals surface area contributed by atoms with Gasteiger partial charge in [-0.15, -0.1) is 0 Å². The van der Waals surface area contributed by atoms with E-state index in [1.165, 1.54) is 0 Å². The van der Waals surface area contributed by atoms with Crippen LogP contribution in [0.15, 0.2) is 48.5 Å². The van der Waals surface area contributed by atoms with E-state index in [0.717, 1.165) is 28.2 Å². The van der Waals surface area contributed by atoms with Gasteiger partial charge in [0.15, 0.2) is 0 Å². The van der Waals surface area contributed by atoms with Crippen molar-refractivity contribution < 1.29 is 4.74 Å². The van der Waals surface area contributed by atoms with E-state index in [0.29, 0.717) is 5.95 Å². The predicted octanol–water partition coefficient (Wildman–Crippen LogP) is 3.42. The molecule has 0 spiro atoms. The number of para-hydroxylation sites is 1. The van der Waals surface area contributed by atoms with Crippen molar-refractivity contribution in [3.05, 3.63) is 48.5 Å². The maximum atomic E-state index is 5.21. The van der Waals surface area contributed by atoms with E-state index in [1.807, 2.05) is 55.6 Å². The quantitative estimate of drug-likeness (QED) is 0.766. The molecule has 0 radical (unpaired) electrons. The second-order valence-corrected chi connectivity index (χ2v) is 4.52. The Bertz CT molecular complexity index is 773. The fourth-order valence-corrected chi connectivity index (χ4v) is 2.15. The Morgan fingerprint density at radius 2 is 1.86 bits per heavy atom. The minimum atomic E-state index is 0.548. The van der Waals surface area contributed by atoms with Crippen LogP contribution in [0.2, 0.25) is 0 Å². The highest BCUT2D eigenvalue weighted by Gasteiger charge is 2.06. The lowest BCUT2D eigenvalue weighted by Gasteiger charge is -2.10. The minimum Gasteiger partial charge on any atom is -0.497 e. The summed E-state index contributed by atoms with van der Waals surface area (Å²) in [6, 6.07) is 15.6. The van der Waals surface area contributed by atoms with Crippen LogP contribution < -0.4 is 15.4 Å². The summed E-state index contributed by atoms with van der Waals surface area (Å²) in [7, 11) is 3.49. The Morgan fingerprint density at radius 1 is 1.00 bits per heavy atom. The largest absolute Gasteiger partial charge is 0.497 e. The standard InChI is InChI=1S/C16H16N4O/c1-17-15-13-8-3-4-9-14(13)19-16(20-15)18-11-6-5-7-12(10-11)21-2/h3-10H,1-2H3,(H2,17,18,19,20). The van der Waals surface area contributed by atoms with Crippen molar-refractivity contribution in [2.24, 2.45) is 0 Å². The van der Waals surface area contributed by atoms with Crippen molar-refractivity contribution in [3.63, 3.8) is 0 Å². The van der Waals surface area contributed by atoms with Gasteiger partial charge in [-0.25, -0.2) is 4.98 Å². The van der Waals surface area contributed by atoms with Crippen LogP contribution in [-0.2, 0) is 0 Å². The molecule has 0 saturated carbocycles. The summed E-state index contributed by atoms with van der Waals surface area (Å²) in [5.41, 5.74) is 1.77. The van der Waals surface area contributed by atoms with Gasteiger partial charge >= 0.3 is 0 Å². The first-order valence-electron chi connectivity index (χ1n) is 6.66.